The third kappa shape index (κ3) is 49.5. The van der Waals surface area contributed by atoms with Gasteiger partial charge in [-0.05, 0) is 89.9 Å². The molecular weight excluding hydrogens is 839 g/mol. The second kappa shape index (κ2) is 55.0. The lowest BCUT2D eigenvalue weighted by Gasteiger charge is -2.24. The lowest BCUT2D eigenvalue weighted by Crippen LogP contribution is -2.46. The first kappa shape index (κ1) is 65.0. The van der Waals surface area contributed by atoms with E-state index < -0.39 is 18.2 Å². The SMILES string of the molecule is CC/C=C\C/C=C\C/C=C\C/C=C\C/C=C\CCCC(CC(=O)NC(CO)C(O)CCCCCCCCCCCCCCCCCC)OC(=O)CCCCC/C=C/C=C/CCCCCCCCC. The molecule has 0 aromatic carbocycles. The van der Waals surface area contributed by atoms with E-state index in [1.165, 1.54) is 128 Å². The lowest BCUT2D eigenvalue weighted by atomic mass is 10.0. The van der Waals surface area contributed by atoms with Crippen LogP contribution in [0.4, 0.5) is 0 Å². The van der Waals surface area contributed by atoms with Crippen LogP contribution in [0.3, 0.4) is 0 Å². The Morgan fingerprint density at radius 1 is 0.456 bits per heavy atom. The van der Waals surface area contributed by atoms with E-state index in [1.54, 1.807) is 0 Å². The molecule has 1 amide bonds. The number of allylic oxidation sites excluding steroid dienone is 14. The predicted molar refractivity (Wildman–Crippen MR) is 296 cm³/mol. The quantitative estimate of drug-likeness (QED) is 0.0244. The maximum Gasteiger partial charge on any atom is 0.306 e. The standard InChI is InChI=1S/C62H109NO5/c1-4-7-10-13-16-19-22-25-28-31-32-35-38-41-44-47-50-53-58(68-62(67)55-52-49-46-43-40-37-34-30-27-24-21-18-15-12-9-6-3)56-61(66)63-59(57-64)60(65)54-51-48-45-42-39-36-33-29-26-23-20-17-14-11-8-5-2/h7,10,16,19,25,28,30,32,34-35,37,40-41,44,58-60,64-65H,4-6,8-9,11-15,17-18,20-24,26-27,29,31,33,36,38-39,42-43,45-57H2,1-3H3,(H,63,66)/b10-7-,19-16-,28-25-,34-30+,35-32-,40-37+,44-41-. The Labute approximate surface area is 421 Å². The van der Waals surface area contributed by atoms with Crippen LogP contribution in [0.2, 0.25) is 0 Å². The number of aliphatic hydroxyl groups excluding tert-OH is 2. The highest BCUT2D eigenvalue weighted by Crippen LogP contribution is 2.17. The van der Waals surface area contributed by atoms with Gasteiger partial charge in [0.05, 0.1) is 25.2 Å². The number of hydrogen-bond acceptors (Lipinski definition) is 5. The summed E-state index contributed by atoms with van der Waals surface area (Å²) in [7, 11) is 0. The van der Waals surface area contributed by atoms with Gasteiger partial charge in [0.1, 0.15) is 6.10 Å². The van der Waals surface area contributed by atoms with Crippen molar-refractivity contribution < 1.29 is 24.5 Å². The molecule has 3 N–H and O–H groups in total. The van der Waals surface area contributed by atoms with E-state index >= 15 is 0 Å². The molecule has 0 fully saturated rings. The zero-order chi connectivity index (χ0) is 49.5. The van der Waals surface area contributed by atoms with Gasteiger partial charge in [-0.25, -0.2) is 0 Å². The van der Waals surface area contributed by atoms with Crippen LogP contribution in [0.5, 0.6) is 0 Å². The maximum atomic E-state index is 13.3. The first-order valence-electron chi connectivity index (χ1n) is 28.8. The zero-order valence-corrected chi connectivity index (χ0v) is 44.7. The molecule has 0 aromatic rings. The van der Waals surface area contributed by atoms with Gasteiger partial charge in [0.2, 0.25) is 5.91 Å². The van der Waals surface area contributed by atoms with Crippen molar-refractivity contribution in [2.45, 2.75) is 289 Å². The highest BCUT2D eigenvalue weighted by Gasteiger charge is 2.24. The van der Waals surface area contributed by atoms with Crippen molar-refractivity contribution in [3.63, 3.8) is 0 Å². The molecular formula is C62H109NO5. The van der Waals surface area contributed by atoms with Gasteiger partial charge in [0, 0.05) is 6.42 Å². The van der Waals surface area contributed by atoms with Crippen LogP contribution in [-0.2, 0) is 14.3 Å². The van der Waals surface area contributed by atoms with E-state index in [-0.39, 0.29) is 24.9 Å². The summed E-state index contributed by atoms with van der Waals surface area (Å²) in [6.45, 7) is 6.36. The van der Waals surface area contributed by atoms with E-state index in [9.17, 15) is 19.8 Å². The number of aliphatic hydroxyl groups is 2. The fourth-order valence-corrected chi connectivity index (χ4v) is 8.40. The molecule has 0 aliphatic carbocycles. The smallest absolute Gasteiger partial charge is 0.306 e. The van der Waals surface area contributed by atoms with Crippen LogP contribution >= 0.6 is 0 Å². The van der Waals surface area contributed by atoms with Crippen LogP contribution in [0.15, 0.2) is 85.1 Å². The Hall–Kier alpha value is -2.96. The van der Waals surface area contributed by atoms with Crippen molar-refractivity contribution in [1.82, 2.24) is 5.32 Å². The van der Waals surface area contributed by atoms with Gasteiger partial charge in [-0.15, -0.1) is 0 Å². The van der Waals surface area contributed by atoms with Crippen LogP contribution in [0, 0.1) is 0 Å². The molecule has 0 aromatic heterocycles. The average molecular weight is 949 g/mol. The molecule has 6 nitrogen and oxygen atoms in total. The van der Waals surface area contributed by atoms with Crippen molar-refractivity contribution in [2.75, 3.05) is 6.61 Å². The second-order valence-corrected chi connectivity index (χ2v) is 19.3. The molecule has 0 bridgehead atoms. The number of carbonyl (C=O) groups is 2. The minimum absolute atomic E-state index is 0.0247. The highest BCUT2D eigenvalue weighted by molar-refractivity contribution is 5.77. The van der Waals surface area contributed by atoms with Crippen LogP contribution in [-0.4, -0.2) is 46.9 Å². The summed E-state index contributed by atoms with van der Waals surface area (Å²) in [6, 6.07) is -0.730. The summed E-state index contributed by atoms with van der Waals surface area (Å²) in [5.41, 5.74) is 0. The Balaban J connectivity index is 4.70. The number of hydrogen-bond donors (Lipinski definition) is 3. The summed E-state index contributed by atoms with van der Waals surface area (Å²) >= 11 is 0. The minimum Gasteiger partial charge on any atom is -0.462 e. The van der Waals surface area contributed by atoms with E-state index in [1.807, 2.05) is 0 Å². The van der Waals surface area contributed by atoms with Gasteiger partial charge < -0.3 is 20.3 Å². The van der Waals surface area contributed by atoms with Crippen LogP contribution in [0.25, 0.3) is 0 Å². The van der Waals surface area contributed by atoms with Gasteiger partial charge in [-0.3, -0.25) is 9.59 Å². The third-order valence-corrected chi connectivity index (χ3v) is 12.7. The van der Waals surface area contributed by atoms with Crippen LogP contribution < -0.4 is 5.32 Å². The molecule has 0 saturated heterocycles. The molecule has 0 rings (SSSR count). The van der Waals surface area contributed by atoms with E-state index in [0.29, 0.717) is 19.3 Å². The van der Waals surface area contributed by atoms with Crippen molar-refractivity contribution in [2.24, 2.45) is 0 Å². The highest BCUT2D eigenvalue weighted by atomic mass is 16.5. The largest absolute Gasteiger partial charge is 0.462 e. The number of nitrogens with one attached hydrogen (secondary N) is 1. The number of amides is 1. The van der Waals surface area contributed by atoms with Crippen molar-refractivity contribution in [3.8, 4) is 0 Å². The summed E-state index contributed by atoms with van der Waals surface area (Å²) < 4.78 is 5.92. The first-order chi connectivity index (χ1) is 33.5. The van der Waals surface area contributed by atoms with Gasteiger partial charge >= 0.3 is 5.97 Å². The summed E-state index contributed by atoms with van der Waals surface area (Å²) in [6.07, 6.45) is 72.2. The fraction of sp³-hybridized carbons (Fsp3) is 0.742. The Kier molecular flexibility index (Phi) is 52.6. The summed E-state index contributed by atoms with van der Waals surface area (Å²) in [5, 5.41) is 23.9. The fourth-order valence-electron chi connectivity index (χ4n) is 8.40. The topological polar surface area (TPSA) is 95.9 Å². The van der Waals surface area contributed by atoms with Crippen molar-refractivity contribution >= 4 is 11.9 Å². The average Bonchev–Trinajstić information content (AvgIpc) is 3.33. The van der Waals surface area contributed by atoms with Gasteiger partial charge in [0.25, 0.3) is 0 Å². The number of esters is 1. The molecule has 6 heteroatoms. The molecule has 0 spiro atoms. The number of rotatable bonds is 51. The van der Waals surface area contributed by atoms with E-state index in [4.69, 9.17) is 4.74 Å². The molecule has 3 atom stereocenters. The van der Waals surface area contributed by atoms with Crippen molar-refractivity contribution in [3.05, 3.63) is 85.1 Å². The Morgan fingerprint density at radius 3 is 1.31 bits per heavy atom. The van der Waals surface area contributed by atoms with Gasteiger partial charge in [-0.2, -0.15) is 0 Å². The van der Waals surface area contributed by atoms with Gasteiger partial charge in [0.15, 0.2) is 0 Å². The molecule has 0 aliphatic heterocycles. The second-order valence-electron chi connectivity index (χ2n) is 19.3. The zero-order valence-electron chi connectivity index (χ0n) is 44.7. The molecule has 392 valence electrons. The minimum atomic E-state index is -0.812. The molecule has 0 heterocycles. The summed E-state index contributed by atoms with van der Waals surface area (Å²) in [5.74, 6) is -0.560. The lowest BCUT2D eigenvalue weighted by molar-refractivity contribution is -0.151. The van der Waals surface area contributed by atoms with E-state index in [0.717, 1.165) is 96.3 Å². The number of unbranched alkanes of at least 4 members (excludes halogenated alkanes) is 26. The van der Waals surface area contributed by atoms with Crippen LogP contribution in [0.1, 0.15) is 271 Å². The monoisotopic (exact) mass is 948 g/mol. The van der Waals surface area contributed by atoms with E-state index in [2.05, 4.69) is 111 Å². The third-order valence-electron chi connectivity index (χ3n) is 12.7. The Morgan fingerprint density at radius 2 is 0.853 bits per heavy atom. The maximum absolute atomic E-state index is 13.3. The number of ether oxygens (including phenoxy) is 1. The predicted octanol–water partition coefficient (Wildman–Crippen LogP) is 17.9. The van der Waals surface area contributed by atoms with Gasteiger partial charge in [-0.1, -0.05) is 254 Å². The number of carbonyl (C=O) groups excluding carboxylic acids is 2. The normalized spacial score (nSPS) is 13.8. The molecule has 0 radical (unpaired) electrons. The van der Waals surface area contributed by atoms with Crippen molar-refractivity contribution in [1.29, 1.82) is 0 Å². The molecule has 3 unspecified atom stereocenters. The molecule has 0 saturated carbocycles. The first-order valence-corrected chi connectivity index (χ1v) is 28.8. The molecule has 68 heavy (non-hydrogen) atoms. The summed E-state index contributed by atoms with van der Waals surface area (Å²) in [4.78, 5) is 26.3. The Bertz CT molecular complexity index is 1290. The molecule has 0 aliphatic rings.